The van der Waals surface area contributed by atoms with Crippen molar-refractivity contribution in [3.8, 4) is 0 Å². The zero-order valence-corrected chi connectivity index (χ0v) is 13.3. The van der Waals surface area contributed by atoms with Crippen LogP contribution in [0.4, 0.5) is 0 Å². The second-order valence-corrected chi connectivity index (χ2v) is 7.60. The van der Waals surface area contributed by atoms with Gasteiger partial charge in [-0.25, -0.2) is 0 Å². The minimum atomic E-state index is -4.28. The van der Waals surface area contributed by atoms with Gasteiger partial charge in [0, 0.05) is 23.2 Å². The van der Waals surface area contributed by atoms with E-state index in [-0.39, 0.29) is 21.9 Å². The standard InChI is InChI=1S/C9H7NO5S2.C5H5N/c11-8-6-3-1-2-4-7(6)9(12)10(8)5-16-17(13,14)15;1-2-4-6-5-3-1/h1-4H,5H2,(H,13,14,15);1-5H. The number of nitrogens with zero attached hydrogens (tertiary/aromatic N) is 2. The molecule has 0 unspecified atom stereocenters. The SMILES string of the molecule is O=C1c2ccccc2C(=O)N1CSS(=O)(=O)O.c1ccncc1. The van der Waals surface area contributed by atoms with E-state index in [0.29, 0.717) is 0 Å². The van der Waals surface area contributed by atoms with Crippen molar-refractivity contribution in [2.24, 2.45) is 0 Å². The van der Waals surface area contributed by atoms with Crippen molar-refractivity contribution in [3.63, 3.8) is 0 Å². The fourth-order valence-corrected chi connectivity index (χ4v) is 2.98. The second-order valence-electron chi connectivity index (χ2n) is 4.28. The fourth-order valence-electron chi connectivity index (χ4n) is 1.79. The molecule has 1 aromatic carbocycles. The molecule has 120 valence electrons. The van der Waals surface area contributed by atoms with E-state index in [1.54, 1.807) is 24.5 Å². The van der Waals surface area contributed by atoms with Gasteiger partial charge < -0.3 is 0 Å². The van der Waals surface area contributed by atoms with Gasteiger partial charge in [-0.1, -0.05) is 18.2 Å². The lowest BCUT2D eigenvalue weighted by atomic mass is 10.1. The van der Waals surface area contributed by atoms with Crippen LogP contribution in [0.1, 0.15) is 20.7 Å². The highest BCUT2D eigenvalue weighted by molar-refractivity contribution is 8.69. The zero-order valence-electron chi connectivity index (χ0n) is 11.7. The maximum absolute atomic E-state index is 11.7. The molecule has 0 radical (unpaired) electrons. The van der Waals surface area contributed by atoms with Crippen LogP contribution in [0.5, 0.6) is 0 Å². The maximum atomic E-state index is 11.7. The molecule has 3 rings (SSSR count). The maximum Gasteiger partial charge on any atom is 0.321 e. The summed E-state index contributed by atoms with van der Waals surface area (Å²) in [5.74, 6) is -1.53. The quantitative estimate of drug-likeness (QED) is 0.510. The average molecular weight is 352 g/mol. The molecule has 0 aliphatic carbocycles. The van der Waals surface area contributed by atoms with Gasteiger partial charge in [-0.15, -0.1) is 0 Å². The fraction of sp³-hybridized carbons (Fsp3) is 0.0714. The molecule has 0 atom stereocenters. The minimum Gasteiger partial charge on any atom is -0.277 e. The Hall–Kier alpha value is -2.23. The van der Waals surface area contributed by atoms with Crippen LogP contribution < -0.4 is 0 Å². The Balaban J connectivity index is 0.000000268. The molecule has 1 aliphatic heterocycles. The van der Waals surface area contributed by atoms with Crippen LogP contribution in [0.3, 0.4) is 0 Å². The normalized spacial score (nSPS) is 13.3. The Morgan fingerprint density at radius 3 is 1.83 bits per heavy atom. The van der Waals surface area contributed by atoms with Crippen LogP contribution in [0.2, 0.25) is 0 Å². The third-order valence-corrected chi connectivity index (χ3v) is 4.65. The smallest absolute Gasteiger partial charge is 0.277 e. The molecule has 0 spiro atoms. The monoisotopic (exact) mass is 352 g/mol. The first-order chi connectivity index (χ1) is 10.9. The first-order valence-electron chi connectivity index (χ1n) is 6.32. The van der Waals surface area contributed by atoms with Crippen molar-refractivity contribution in [2.45, 2.75) is 0 Å². The highest BCUT2D eigenvalue weighted by Gasteiger charge is 2.35. The second kappa shape index (κ2) is 7.36. The number of aromatic nitrogens is 1. The number of hydrogen-bond donors (Lipinski definition) is 1. The lowest BCUT2D eigenvalue weighted by Gasteiger charge is -2.11. The predicted octanol–water partition coefficient (Wildman–Crippen LogP) is 1.86. The van der Waals surface area contributed by atoms with E-state index in [4.69, 9.17) is 4.55 Å². The summed E-state index contributed by atoms with van der Waals surface area (Å²) in [4.78, 5) is 28.0. The topological polar surface area (TPSA) is 105 Å². The van der Waals surface area contributed by atoms with Gasteiger partial charge in [0.15, 0.2) is 0 Å². The molecule has 7 nitrogen and oxygen atoms in total. The number of benzene rings is 1. The number of carbonyl (C=O) groups is 2. The van der Waals surface area contributed by atoms with Gasteiger partial charge in [0.2, 0.25) is 0 Å². The summed E-state index contributed by atoms with van der Waals surface area (Å²) in [6, 6.07) is 11.9. The summed E-state index contributed by atoms with van der Waals surface area (Å²) in [5.41, 5.74) is 0.488. The summed E-state index contributed by atoms with van der Waals surface area (Å²) >= 11 is 0. The van der Waals surface area contributed by atoms with Gasteiger partial charge in [-0.2, -0.15) is 8.42 Å². The lowest BCUT2D eigenvalue weighted by molar-refractivity contribution is 0.0684. The molecule has 1 aromatic heterocycles. The van der Waals surface area contributed by atoms with Gasteiger partial charge in [0.25, 0.3) is 11.8 Å². The van der Waals surface area contributed by atoms with Crippen LogP contribution in [0, 0.1) is 0 Å². The molecule has 9 heteroatoms. The summed E-state index contributed by atoms with van der Waals surface area (Å²) in [6.45, 7) is 0. The van der Waals surface area contributed by atoms with Gasteiger partial charge in [0.1, 0.15) is 0 Å². The van der Waals surface area contributed by atoms with E-state index >= 15 is 0 Å². The first-order valence-corrected chi connectivity index (χ1v) is 9.26. The van der Waals surface area contributed by atoms with Crippen LogP contribution >= 0.6 is 10.8 Å². The number of imide groups is 1. The Morgan fingerprint density at radius 2 is 1.48 bits per heavy atom. The summed E-state index contributed by atoms with van der Waals surface area (Å²) in [7, 11) is -4.15. The van der Waals surface area contributed by atoms with Gasteiger partial charge >= 0.3 is 9.15 Å². The van der Waals surface area contributed by atoms with Crippen LogP contribution in [0.25, 0.3) is 0 Å². The van der Waals surface area contributed by atoms with E-state index in [1.165, 1.54) is 12.1 Å². The Morgan fingerprint density at radius 1 is 0.957 bits per heavy atom. The van der Waals surface area contributed by atoms with E-state index in [9.17, 15) is 18.0 Å². The van der Waals surface area contributed by atoms with Crippen molar-refractivity contribution in [1.82, 2.24) is 9.88 Å². The number of amides is 2. The number of hydrogen-bond acceptors (Lipinski definition) is 6. The van der Waals surface area contributed by atoms with Crippen molar-refractivity contribution >= 4 is 31.8 Å². The third-order valence-electron chi connectivity index (χ3n) is 2.78. The van der Waals surface area contributed by atoms with Crippen LogP contribution in [-0.2, 0) is 9.15 Å². The van der Waals surface area contributed by atoms with Crippen molar-refractivity contribution in [3.05, 3.63) is 66.0 Å². The molecule has 1 aliphatic rings. The molecule has 2 amide bonds. The molecule has 0 fully saturated rings. The zero-order chi connectivity index (χ0) is 16.9. The number of fused-ring (bicyclic) bond motifs is 1. The Labute approximate surface area is 136 Å². The summed E-state index contributed by atoms with van der Waals surface area (Å²) < 4.78 is 29.6. The Bertz CT molecular complexity index is 747. The summed E-state index contributed by atoms with van der Waals surface area (Å²) in [6.07, 6.45) is 3.50. The molecule has 0 saturated carbocycles. The van der Waals surface area contributed by atoms with Gasteiger partial charge in [0.05, 0.1) is 17.0 Å². The van der Waals surface area contributed by atoms with E-state index in [1.807, 2.05) is 18.2 Å². The van der Waals surface area contributed by atoms with Crippen LogP contribution in [-0.4, -0.2) is 40.5 Å². The lowest BCUT2D eigenvalue weighted by Crippen LogP contribution is -2.29. The largest absolute Gasteiger partial charge is 0.321 e. The highest BCUT2D eigenvalue weighted by atomic mass is 33.1. The van der Waals surface area contributed by atoms with Crippen LogP contribution in [0.15, 0.2) is 54.9 Å². The first kappa shape index (κ1) is 17.1. The molecule has 0 saturated heterocycles. The number of rotatable bonds is 3. The van der Waals surface area contributed by atoms with Gasteiger partial charge in [-0.05, 0) is 24.3 Å². The predicted molar refractivity (Wildman–Crippen MR) is 85.2 cm³/mol. The molecular weight excluding hydrogens is 340 g/mol. The van der Waals surface area contributed by atoms with Crippen molar-refractivity contribution in [1.29, 1.82) is 0 Å². The number of carbonyl (C=O) groups excluding carboxylic acids is 2. The van der Waals surface area contributed by atoms with E-state index in [0.717, 1.165) is 4.90 Å². The molecule has 0 bridgehead atoms. The van der Waals surface area contributed by atoms with Gasteiger partial charge in [-0.3, -0.25) is 24.0 Å². The average Bonchev–Trinajstić information content (AvgIpc) is 2.79. The Kier molecular flexibility index (Phi) is 5.48. The molecular formula is C14H12N2O5S2. The molecule has 1 N–H and O–H groups in total. The molecule has 2 heterocycles. The minimum absolute atomic E-state index is 0.121. The number of pyridine rings is 1. The van der Waals surface area contributed by atoms with E-state index < -0.39 is 26.8 Å². The molecule has 2 aromatic rings. The van der Waals surface area contributed by atoms with E-state index in [2.05, 4.69) is 4.98 Å². The van der Waals surface area contributed by atoms with Crippen molar-refractivity contribution < 1.29 is 22.6 Å². The van der Waals surface area contributed by atoms with Crippen molar-refractivity contribution in [2.75, 3.05) is 5.88 Å². The third kappa shape index (κ3) is 4.62. The summed E-state index contributed by atoms with van der Waals surface area (Å²) in [5, 5.41) is 0. The molecule has 23 heavy (non-hydrogen) atoms. The highest BCUT2D eigenvalue weighted by Crippen LogP contribution is 2.25.